The Kier molecular flexibility index (Phi) is 3.29. The van der Waals surface area contributed by atoms with Crippen LogP contribution in [0.2, 0.25) is 0 Å². The fraction of sp³-hybridized carbons (Fsp3) is 0.188. The highest BCUT2D eigenvalue weighted by Gasteiger charge is 2.18. The molecule has 0 aliphatic heterocycles. The lowest BCUT2D eigenvalue weighted by molar-refractivity contribution is 0.0699. The van der Waals surface area contributed by atoms with Crippen molar-refractivity contribution in [2.24, 2.45) is 7.05 Å². The second-order valence-electron chi connectivity index (χ2n) is 5.00. The summed E-state index contributed by atoms with van der Waals surface area (Å²) in [5, 5.41) is 14.3. The van der Waals surface area contributed by atoms with Crippen LogP contribution in [-0.2, 0) is 7.05 Å². The highest BCUT2D eigenvalue weighted by Crippen LogP contribution is 2.28. The predicted octanol–water partition coefficient (Wildman–Crippen LogP) is 2.65. The van der Waals surface area contributed by atoms with E-state index >= 15 is 0 Å². The quantitative estimate of drug-likeness (QED) is 0.804. The molecule has 2 aromatic heterocycles. The molecule has 0 bridgehead atoms. The molecule has 6 heteroatoms. The molecular formula is C16H15N3O3. The van der Waals surface area contributed by atoms with Crippen molar-refractivity contribution in [2.45, 2.75) is 6.92 Å². The van der Waals surface area contributed by atoms with E-state index in [-0.39, 0.29) is 5.56 Å². The van der Waals surface area contributed by atoms with Gasteiger partial charge >= 0.3 is 5.97 Å². The van der Waals surface area contributed by atoms with Gasteiger partial charge in [-0.25, -0.2) is 9.78 Å². The number of nitrogens with zero attached hydrogens (tertiary/aromatic N) is 3. The van der Waals surface area contributed by atoms with Gasteiger partial charge in [-0.15, -0.1) is 0 Å². The Labute approximate surface area is 127 Å². The molecular weight excluding hydrogens is 282 g/mol. The maximum absolute atomic E-state index is 11.6. The molecule has 0 aliphatic rings. The van der Waals surface area contributed by atoms with Gasteiger partial charge in [0.15, 0.2) is 5.65 Å². The Morgan fingerprint density at radius 1 is 1.32 bits per heavy atom. The van der Waals surface area contributed by atoms with Crippen LogP contribution in [-0.4, -0.2) is 33.0 Å². The molecule has 0 radical (unpaired) electrons. The number of hydrogen-bond acceptors (Lipinski definition) is 4. The standard InChI is InChI=1S/C16H15N3O3/c1-9-14-12(16(20)21)8-13(17-15(14)19(2)18-9)10-5-4-6-11(7-10)22-3/h4-8H,1-3H3,(H,20,21). The van der Waals surface area contributed by atoms with Gasteiger partial charge in [0.1, 0.15) is 5.75 Å². The number of pyridine rings is 1. The van der Waals surface area contributed by atoms with Gasteiger partial charge in [-0.3, -0.25) is 4.68 Å². The number of aromatic nitrogens is 3. The number of fused-ring (bicyclic) bond motifs is 1. The highest BCUT2D eigenvalue weighted by molar-refractivity contribution is 6.04. The van der Waals surface area contributed by atoms with Gasteiger partial charge in [0.25, 0.3) is 0 Å². The number of rotatable bonds is 3. The number of hydrogen-bond donors (Lipinski definition) is 1. The van der Waals surface area contributed by atoms with Crippen LogP contribution in [0.15, 0.2) is 30.3 Å². The van der Waals surface area contributed by atoms with E-state index in [4.69, 9.17) is 4.74 Å². The minimum Gasteiger partial charge on any atom is -0.497 e. The molecule has 0 amide bonds. The van der Waals surface area contributed by atoms with E-state index < -0.39 is 5.97 Å². The number of benzene rings is 1. The van der Waals surface area contributed by atoms with Crippen LogP contribution in [0.4, 0.5) is 0 Å². The Morgan fingerprint density at radius 2 is 2.09 bits per heavy atom. The average molecular weight is 297 g/mol. The number of aryl methyl sites for hydroxylation is 2. The third kappa shape index (κ3) is 2.18. The molecule has 0 spiro atoms. The Bertz CT molecular complexity index is 884. The molecule has 112 valence electrons. The fourth-order valence-corrected chi connectivity index (χ4v) is 2.54. The first-order chi connectivity index (χ1) is 10.5. The molecule has 2 heterocycles. The van der Waals surface area contributed by atoms with Crippen LogP contribution in [0.5, 0.6) is 5.75 Å². The zero-order valence-electron chi connectivity index (χ0n) is 12.5. The number of carboxylic acid groups (broad SMARTS) is 1. The molecule has 0 aliphatic carbocycles. The summed E-state index contributed by atoms with van der Waals surface area (Å²) < 4.78 is 6.81. The molecule has 0 atom stereocenters. The van der Waals surface area contributed by atoms with Gasteiger partial charge in [0, 0.05) is 12.6 Å². The third-order valence-electron chi connectivity index (χ3n) is 3.56. The monoisotopic (exact) mass is 297 g/mol. The van der Waals surface area contributed by atoms with Crippen molar-refractivity contribution in [3.63, 3.8) is 0 Å². The number of carbonyl (C=O) groups is 1. The topological polar surface area (TPSA) is 77.2 Å². The molecule has 1 N–H and O–H groups in total. The van der Waals surface area contributed by atoms with Crippen molar-refractivity contribution < 1.29 is 14.6 Å². The SMILES string of the molecule is COc1cccc(-c2cc(C(=O)O)c3c(C)nn(C)c3n2)c1. The molecule has 0 fully saturated rings. The van der Waals surface area contributed by atoms with E-state index in [1.807, 2.05) is 24.3 Å². The fourth-order valence-electron chi connectivity index (χ4n) is 2.54. The summed E-state index contributed by atoms with van der Waals surface area (Å²) in [7, 11) is 3.34. The predicted molar refractivity (Wildman–Crippen MR) is 82.2 cm³/mol. The van der Waals surface area contributed by atoms with Crippen molar-refractivity contribution >= 4 is 17.0 Å². The zero-order valence-corrected chi connectivity index (χ0v) is 12.5. The summed E-state index contributed by atoms with van der Waals surface area (Å²) in [6.07, 6.45) is 0. The van der Waals surface area contributed by atoms with E-state index in [1.165, 1.54) is 0 Å². The largest absolute Gasteiger partial charge is 0.497 e. The third-order valence-corrected chi connectivity index (χ3v) is 3.56. The lowest BCUT2D eigenvalue weighted by atomic mass is 10.1. The molecule has 1 aromatic carbocycles. The van der Waals surface area contributed by atoms with Crippen molar-refractivity contribution in [1.29, 1.82) is 0 Å². The lowest BCUT2D eigenvalue weighted by Crippen LogP contribution is -2.01. The van der Waals surface area contributed by atoms with Gasteiger partial charge < -0.3 is 9.84 Å². The van der Waals surface area contributed by atoms with Gasteiger partial charge in [-0.05, 0) is 25.1 Å². The van der Waals surface area contributed by atoms with Crippen LogP contribution in [0.1, 0.15) is 16.1 Å². The van der Waals surface area contributed by atoms with Gasteiger partial charge in [0.2, 0.25) is 0 Å². The number of aromatic carboxylic acids is 1. The van der Waals surface area contributed by atoms with Crippen LogP contribution < -0.4 is 4.74 Å². The van der Waals surface area contributed by atoms with Crippen molar-refractivity contribution in [3.8, 4) is 17.0 Å². The molecule has 0 saturated heterocycles. The van der Waals surface area contributed by atoms with Gasteiger partial charge in [-0.2, -0.15) is 5.10 Å². The van der Waals surface area contributed by atoms with E-state index in [2.05, 4.69) is 10.1 Å². The summed E-state index contributed by atoms with van der Waals surface area (Å²) in [5.41, 5.74) is 2.78. The van der Waals surface area contributed by atoms with Crippen LogP contribution in [0.25, 0.3) is 22.3 Å². The molecule has 3 rings (SSSR count). The first-order valence-electron chi connectivity index (χ1n) is 6.73. The summed E-state index contributed by atoms with van der Waals surface area (Å²) in [6, 6.07) is 8.94. The second-order valence-corrected chi connectivity index (χ2v) is 5.00. The molecule has 0 unspecified atom stereocenters. The Hall–Kier alpha value is -2.89. The smallest absolute Gasteiger partial charge is 0.336 e. The Balaban J connectivity index is 2.31. The van der Waals surface area contributed by atoms with Gasteiger partial charge in [-0.1, -0.05) is 12.1 Å². The second kappa shape index (κ2) is 5.14. The number of methoxy groups -OCH3 is 1. The lowest BCUT2D eigenvalue weighted by Gasteiger charge is -2.07. The summed E-state index contributed by atoms with van der Waals surface area (Å²) in [4.78, 5) is 16.2. The summed E-state index contributed by atoms with van der Waals surface area (Å²) in [5.74, 6) is -0.301. The van der Waals surface area contributed by atoms with E-state index in [1.54, 1.807) is 31.8 Å². The molecule has 6 nitrogen and oxygen atoms in total. The normalized spacial score (nSPS) is 10.9. The Morgan fingerprint density at radius 3 is 2.77 bits per heavy atom. The molecule has 3 aromatic rings. The number of carboxylic acids is 1. The van der Waals surface area contributed by atoms with E-state index in [9.17, 15) is 9.90 Å². The average Bonchev–Trinajstić information content (AvgIpc) is 2.81. The maximum atomic E-state index is 11.6. The first kappa shape index (κ1) is 14.1. The van der Waals surface area contributed by atoms with Crippen molar-refractivity contribution in [3.05, 3.63) is 41.6 Å². The summed E-state index contributed by atoms with van der Waals surface area (Å²) >= 11 is 0. The van der Waals surface area contributed by atoms with Crippen LogP contribution in [0.3, 0.4) is 0 Å². The molecule has 0 saturated carbocycles. The zero-order chi connectivity index (χ0) is 15.9. The molecule has 22 heavy (non-hydrogen) atoms. The minimum atomic E-state index is -0.993. The van der Waals surface area contributed by atoms with E-state index in [0.717, 1.165) is 5.56 Å². The van der Waals surface area contributed by atoms with Crippen molar-refractivity contribution in [1.82, 2.24) is 14.8 Å². The first-order valence-corrected chi connectivity index (χ1v) is 6.73. The highest BCUT2D eigenvalue weighted by atomic mass is 16.5. The van der Waals surface area contributed by atoms with Crippen molar-refractivity contribution in [2.75, 3.05) is 7.11 Å². The maximum Gasteiger partial charge on any atom is 0.336 e. The van der Waals surface area contributed by atoms with E-state index in [0.29, 0.717) is 28.2 Å². The summed E-state index contributed by atoms with van der Waals surface area (Å²) in [6.45, 7) is 1.78. The van der Waals surface area contributed by atoms with Crippen LogP contribution >= 0.6 is 0 Å². The minimum absolute atomic E-state index is 0.202. The van der Waals surface area contributed by atoms with Crippen LogP contribution in [0, 0.1) is 6.92 Å². The number of ether oxygens (including phenoxy) is 1. The van der Waals surface area contributed by atoms with Gasteiger partial charge in [0.05, 0.1) is 29.4 Å².